The highest BCUT2D eigenvalue weighted by molar-refractivity contribution is 6.32. The largest absolute Gasteiger partial charge is 0.466 e. The van der Waals surface area contributed by atoms with E-state index in [1.54, 1.807) is 66.4 Å². The van der Waals surface area contributed by atoms with Crippen molar-refractivity contribution >= 4 is 40.9 Å². The molecule has 1 saturated heterocycles. The summed E-state index contributed by atoms with van der Waals surface area (Å²) >= 11 is 12.3. The number of piperidine rings is 1. The van der Waals surface area contributed by atoms with Gasteiger partial charge < -0.3 is 24.8 Å². The maximum absolute atomic E-state index is 12.8. The van der Waals surface area contributed by atoms with E-state index in [2.05, 4.69) is 5.32 Å². The topological polar surface area (TPSA) is 88.1 Å². The van der Waals surface area contributed by atoms with Crippen LogP contribution in [0.1, 0.15) is 30.9 Å². The normalized spacial score (nSPS) is 14.6. The molecule has 1 heterocycles. The number of carbonyl (C=O) groups is 2. The number of ether oxygens (including phenoxy) is 2. The molecule has 0 spiro atoms. The van der Waals surface area contributed by atoms with Gasteiger partial charge in [0, 0.05) is 23.8 Å². The molecule has 0 saturated carbocycles. The van der Waals surface area contributed by atoms with Crippen LogP contribution in [0.4, 0.5) is 10.5 Å². The minimum Gasteiger partial charge on any atom is -0.466 e. The smallest absolute Gasteiger partial charge is 0.321 e. The maximum Gasteiger partial charge on any atom is 0.321 e. The van der Waals surface area contributed by atoms with Gasteiger partial charge in [-0.2, -0.15) is 0 Å². The van der Waals surface area contributed by atoms with Crippen molar-refractivity contribution in [1.29, 1.82) is 0 Å². The van der Waals surface area contributed by atoms with E-state index < -0.39 is 5.60 Å². The van der Waals surface area contributed by atoms with Crippen LogP contribution in [0, 0.1) is 0 Å². The quantitative estimate of drug-likeness (QED) is 0.337. The number of nitrogens with one attached hydrogen (secondary N) is 1. The summed E-state index contributed by atoms with van der Waals surface area (Å²) in [5.41, 5.74) is 1.18. The Morgan fingerprint density at radius 2 is 1.68 bits per heavy atom. The van der Waals surface area contributed by atoms with E-state index in [4.69, 9.17) is 32.7 Å². The van der Waals surface area contributed by atoms with Gasteiger partial charge in [0.15, 0.2) is 0 Å². The van der Waals surface area contributed by atoms with E-state index >= 15 is 0 Å². The molecule has 3 aromatic carbocycles. The molecule has 1 fully saturated rings. The van der Waals surface area contributed by atoms with Gasteiger partial charge in [0.2, 0.25) is 0 Å². The molecular weight excluding hydrogens is 515 g/mol. The fourth-order valence-corrected chi connectivity index (χ4v) is 4.55. The first-order chi connectivity index (χ1) is 17.8. The van der Waals surface area contributed by atoms with Crippen LogP contribution in [0.3, 0.4) is 0 Å². The summed E-state index contributed by atoms with van der Waals surface area (Å²) in [6, 6.07) is 19.0. The van der Waals surface area contributed by atoms with Crippen molar-refractivity contribution in [3.05, 3.63) is 87.9 Å². The third-order valence-electron chi connectivity index (χ3n) is 6.24. The Labute approximate surface area is 225 Å². The van der Waals surface area contributed by atoms with E-state index in [-0.39, 0.29) is 18.4 Å². The average Bonchev–Trinajstić information content (AvgIpc) is 2.87. The van der Waals surface area contributed by atoms with Crippen LogP contribution >= 0.6 is 23.2 Å². The maximum atomic E-state index is 12.8. The number of esters is 1. The van der Waals surface area contributed by atoms with Crippen LogP contribution in [0.15, 0.2) is 66.7 Å². The average molecular weight is 543 g/mol. The highest BCUT2D eigenvalue weighted by atomic mass is 35.5. The highest BCUT2D eigenvalue weighted by Crippen LogP contribution is 2.34. The summed E-state index contributed by atoms with van der Waals surface area (Å²) in [5.74, 6) is 0.684. The number of likely N-dealkylation sites (tertiary alicyclic amines) is 1. The predicted molar refractivity (Wildman–Crippen MR) is 143 cm³/mol. The van der Waals surface area contributed by atoms with Gasteiger partial charge in [0.05, 0.1) is 23.7 Å². The van der Waals surface area contributed by atoms with E-state index in [9.17, 15) is 14.7 Å². The molecule has 1 aliphatic rings. The Morgan fingerprint density at radius 3 is 2.30 bits per heavy atom. The second-order valence-corrected chi connectivity index (χ2v) is 9.67. The first kappa shape index (κ1) is 26.8. The summed E-state index contributed by atoms with van der Waals surface area (Å²) in [5, 5.41) is 14.9. The van der Waals surface area contributed by atoms with Crippen molar-refractivity contribution < 1.29 is 24.2 Å². The number of amides is 2. The van der Waals surface area contributed by atoms with Crippen LogP contribution in [0.5, 0.6) is 11.5 Å². The first-order valence-corrected chi connectivity index (χ1v) is 12.8. The molecule has 0 radical (unpaired) electrons. The standard InChI is InChI=1S/C28H28Cl2N2O5/c1-2-36-26(33)18-19-3-12-25(24(30)17-19)37-23-10-8-22(9-11-23)31-27(34)32-15-13-28(35,14-16-32)20-4-6-21(29)7-5-20/h3-12,17,35H,2,13-16,18H2,1H3,(H,31,34). The van der Waals surface area contributed by atoms with Gasteiger partial charge in [-0.1, -0.05) is 41.4 Å². The number of rotatable bonds is 7. The molecule has 37 heavy (non-hydrogen) atoms. The number of hydrogen-bond acceptors (Lipinski definition) is 5. The summed E-state index contributed by atoms with van der Waals surface area (Å²) < 4.78 is 10.8. The first-order valence-electron chi connectivity index (χ1n) is 12.0. The van der Waals surface area contributed by atoms with Crippen LogP contribution in [0.2, 0.25) is 10.0 Å². The van der Waals surface area contributed by atoms with Crippen LogP contribution in [-0.4, -0.2) is 41.7 Å². The molecule has 3 aromatic rings. The molecule has 4 rings (SSSR count). The summed E-state index contributed by atoms with van der Waals surface area (Å²) in [7, 11) is 0. The molecule has 0 atom stereocenters. The molecule has 0 unspecified atom stereocenters. The number of urea groups is 1. The molecular formula is C28H28Cl2N2O5. The monoisotopic (exact) mass is 542 g/mol. The number of halogens is 2. The molecule has 0 aromatic heterocycles. The lowest BCUT2D eigenvalue weighted by Gasteiger charge is -2.38. The Morgan fingerprint density at radius 1 is 1.00 bits per heavy atom. The van der Waals surface area contributed by atoms with Gasteiger partial charge in [-0.05, 0) is 79.4 Å². The minimum atomic E-state index is -0.974. The van der Waals surface area contributed by atoms with E-state index in [1.165, 1.54) is 0 Å². The Balaban J connectivity index is 1.30. The number of hydrogen-bond donors (Lipinski definition) is 2. The van der Waals surface area contributed by atoms with E-state index in [1.807, 2.05) is 12.1 Å². The summed E-state index contributed by atoms with van der Waals surface area (Å²) in [4.78, 5) is 26.1. The van der Waals surface area contributed by atoms with Crippen molar-refractivity contribution in [1.82, 2.24) is 4.90 Å². The predicted octanol–water partition coefficient (Wildman–Crippen LogP) is 6.41. The Kier molecular flexibility index (Phi) is 8.59. The molecule has 1 aliphatic heterocycles. The SMILES string of the molecule is CCOC(=O)Cc1ccc(Oc2ccc(NC(=O)N3CCC(O)(c4ccc(Cl)cc4)CC3)cc2)c(Cl)c1. The van der Waals surface area contributed by atoms with Gasteiger partial charge in [-0.3, -0.25) is 4.79 Å². The van der Waals surface area contributed by atoms with Gasteiger partial charge in [0.25, 0.3) is 0 Å². The van der Waals surface area contributed by atoms with Crippen molar-refractivity contribution in [3.8, 4) is 11.5 Å². The molecule has 2 amide bonds. The molecule has 2 N–H and O–H groups in total. The minimum absolute atomic E-state index is 0.139. The zero-order valence-corrected chi connectivity index (χ0v) is 21.9. The highest BCUT2D eigenvalue weighted by Gasteiger charge is 2.35. The second-order valence-electron chi connectivity index (χ2n) is 8.83. The van der Waals surface area contributed by atoms with Gasteiger partial charge in [-0.15, -0.1) is 0 Å². The summed E-state index contributed by atoms with van der Waals surface area (Å²) in [6.07, 6.45) is 1.02. The molecule has 0 bridgehead atoms. The van der Waals surface area contributed by atoms with Crippen LogP contribution < -0.4 is 10.1 Å². The number of anilines is 1. The lowest BCUT2D eigenvalue weighted by molar-refractivity contribution is -0.142. The number of nitrogens with zero attached hydrogens (tertiary/aromatic N) is 1. The molecule has 0 aliphatic carbocycles. The lowest BCUT2D eigenvalue weighted by Crippen LogP contribution is -2.46. The molecule has 194 valence electrons. The number of aliphatic hydroxyl groups is 1. The lowest BCUT2D eigenvalue weighted by atomic mass is 9.84. The fourth-order valence-electron chi connectivity index (χ4n) is 4.18. The second kappa shape index (κ2) is 11.9. The van der Waals surface area contributed by atoms with Crippen LogP contribution in [-0.2, 0) is 21.6 Å². The number of benzene rings is 3. The number of carbonyl (C=O) groups excluding carboxylic acids is 2. The third-order valence-corrected chi connectivity index (χ3v) is 6.79. The van der Waals surface area contributed by atoms with Gasteiger partial charge >= 0.3 is 12.0 Å². The fraction of sp³-hybridized carbons (Fsp3) is 0.286. The van der Waals surface area contributed by atoms with Gasteiger partial charge in [0.1, 0.15) is 11.5 Å². The van der Waals surface area contributed by atoms with Crippen molar-refractivity contribution in [2.24, 2.45) is 0 Å². The van der Waals surface area contributed by atoms with Gasteiger partial charge in [-0.25, -0.2) is 4.79 Å². The molecule has 9 heteroatoms. The van der Waals surface area contributed by atoms with Crippen molar-refractivity contribution in [2.45, 2.75) is 31.8 Å². The van der Waals surface area contributed by atoms with Crippen molar-refractivity contribution in [2.75, 3.05) is 25.0 Å². The Bertz CT molecular complexity index is 1240. The van der Waals surface area contributed by atoms with Crippen molar-refractivity contribution in [3.63, 3.8) is 0 Å². The van der Waals surface area contributed by atoms with E-state index in [0.29, 0.717) is 59.8 Å². The van der Waals surface area contributed by atoms with E-state index in [0.717, 1.165) is 11.1 Å². The zero-order valence-electron chi connectivity index (χ0n) is 20.4. The molecule has 7 nitrogen and oxygen atoms in total. The van der Waals surface area contributed by atoms with Crippen LogP contribution in [0.25, 0.3) is 0 Å². The zero-order chi connectivity index (χ0) is 26.4. The Hall–Kier alpha value is -3.26. The summed E-state index contributed by atoms with van der Waals surface area (Å²) in [6.45, 7) is 2.94. The third kappa shape index (κ3) is 6.95.